The van der Waals surface area contributed by atoms with Crippen LogP contribution in [0.5, 0.6) is 0 Å². The van der Waals surface area contributed by atoms with Gasteiger partial charge in [-0.2, -0.15) is 0 Å². The van der Waals surface area contributed by atoms with Gasteiger partial charge in [0.25, 0.3) is 0 Å². The van der Waals surface area contributed by atoms with Crippen LogP contribution in [0.25, 0.3) is 0 Å². The summed E-state index contributed by atoms with van der Waals surface area (Å²) in [5.41, 5.74) is 7.08. The molecular weight excluding hydrogens is 302 g/mol. The van der Waals surface area contributed by atoms with Gasteiger partial charge in [-0.25, -0.2) is 8.42 Å². The average Bonchev–Trinajstić information content (AvgIpc) is 2.64. The van der Waals surface area contributed by atoms with Crippen LogP contribution in [0.15, 0.2) is 27.6 Å². The summed E-state index contributed by atoms with van der Waals surface area (Å²) in [6.45, 7) is 0. The number of halogens is 1. The Hall–Kier alpha value is -0.390. The molecule has 0 atom stereocenters. The molecule has 1 fully saturated rings. The summed E-state index contributed by atoms with van der Waals surface area (Å²) in [5, 5.41) is 0. The largest absolute Gasteiger partial charge is 0.321 e. The first-order valence-corrected chi connectivity index (χ1v) is 8.30. The molecule has 17 heavy (non-hydrogen) atoms. The maximum Gasteiger partial charge on any atom is 0.176 e. The first-order valence-electron chi connectivity index (χ1n) is 5.62. The molecule has 1 aromatic carbocycles. The van der Waals surface area contributed by atoms with Gasteiger partial charge in [0, 0.05) is 16.3 Å². The van der Waals surface area contributed by atoms with Gasteiger partial charge in [-0.1, -0.05) is 18.9 Å². The highest BCUT2D eigenvalue weighted by Gasteiger charge is 2.31. The van der Waals surface area contributed by atoms with Gasteiger partial charge in [-0.05, 0) is 46.5 Å². The van der Waals surface area contributed by atoms with E-state index < -0.39 is 9.84 Å². The molecule has 5 heteroatoms. The zero-order chi connectivity index (χ0) is 12.7. The van der Waals surface area contributed by atoms with E-state index in [2.05, 4.69) is 15.9 Å². The molecule has 0 amide bonds. The van der Waals surface area contributed by atoms with Crippen molar-refractivity contribution in [2.24, 2.45) is 5.73 Å². The van der Waals surface area contributed by atoms with Crippen molar-refractivity contribution >= 4 is 25.8 Å². The van der Waals surface area contributed by atoms with Crippen molar-refractivity contribution in [3.05, 3.63) is 28.2 Å². The van der Waals surface area contributed by atoms with Gasteiger partial charge in [0.2, 0.25) is 0 Å². The summed E-state index contributed by atoms with van der Waals surface area (Å²) >= 11 is 3.32. The van der Waals surface area contributed by atoms with Crippen LogP contribution in [0, 0.1) is 0 Å². The van der Waals surface area contributed by atoms with Crippen LogP contribution in [0.3, 0.4) is 0 Å². The molecule has 0 unspecified atom stereocenters. The second kappa shape index (κ2) is 4.37. The molecule has 1 aliphatic carbocycles. The van der Waals surface area contributed by atoms with E-state index in [4.69, 9.17) is 5.73 Å². The number of rotatable bonds is 2. The molecule has 1 saturated carbocycles. The second-order valence-corrected chi connectivity index (χ2v) is 7.62. The van der Waals surface area contributed by atoms with Gasteiger partial charge in [-0.15, -0.1) is 0 Å². The number of sulfone groups is 1. The van der Waals surface area contributed by atoms with Crippen molar-refractivity contribution in [1.82, 2.24) is 0 Å². The molecule has 1 aliphatic rings. The third kappa shape index (κ3) is 2.56. The summed E-state index contributed by atoms with van der Waals surface area (Å²) in [5.74, 6) is 0. The number of hydrogen-bond donors (Lipinski definition) is 1. The predicted octanol–water partition coefficient (Wildman–Crippen LogP) is 2.58. The summed E-state index contributed by atoms with van der Waals surface area (Å²) in [6, 6.07) is 5.33. The predicted molar refractivity (Wildman–Crippen MR) is 71.6 cm³/mol. The quantitative estimate of drug-likeness (QED) is 0.912. The normalized spacial score (nSPS) is 19.5. The lowest BCUT2D eigenvalue weighted by Crippen LogP contribution is -2.33. The van der Waals surface area contributed by atoms with Crippen LogP contribution >= 0.6 is 15.9 Å². The molecular formula is C12H16BrNO2S. The number of hydrogen-bond acceptors (Lipinski definition) is 3. The van der Waals surface area contributed by atoms with Crippen LogP contribution < -0.4 is 5.73 Å². The van der Waals surface area contributed by atoms with E-state index >= 15 is 0 Å². The zero-order valence-corrected chi connectivity index (χ0v) is 12.1. The van der Waals surface area contributed by atoms with Crippen molar-refractivity contribution < 1.29 is 8.42 Å². The molecule has 1 aromatic rings. The highest BCUT2D eigenvalue weighted by molar-refractivity contribution is 9.10. The van der Waals surface area contributed by atoms with Crippen molar-refractivity contribution in [3.8, 4) is 0 Å². The van der Waals surface area contributed by atoms with Crippen LogP contribution in [0.1, 0.15) is 31.2 Å². The minimum Gasteiger partial charge on any atom is -0.321 e. The lowest BCUT2D eigenvalue weighted by molar-refractivity contribution is 0.461. The van der Waals surface area contributed by atoms with Crippen LogP contribution in [-0.2, 0) is 15.4 Å². The van der Waals surface area contributed by atoms with Crippen molar-refractivity contribution in [1.29, 1.82) is 0 Å². The fraction of sp³-hybridized carbons (Fsp3) is 0.500. The molecule has 0 aromatic heterocycles. The minimum atomic E-state index is -3.18. The first-order chi connectivity index (χ1) is 7.83. The lowest BCUT2D eigenvalue weighted by Gasteiger charge is -2.24. The zero-order valence-electron chi connectivity index (χ0n) is 9.74. The fourth-order valence-corrected chi connectivity index (χ4v) is 4.40. The smallest absolute Gasteiger partial charge is 0.176 e. The van der Waals surface area contributed by atoms with E-state index in [0.29, 0.717) is 9.37 Å². The third-order valence-electron chi connectivity index (χ3n) is 3.40. The van der Waals surface area contributed by atoms with Crippen LogP contribution in [0.2, 0.25) is 0 Å². The highest BCUT2D eigenvalue weighted by Crippen LogP contribution is 2.38. The molecule has 3 nitrogen and oxygen atoms in total. The third-order valence-corrected chi connectivity index (χ3v) is 5.48. The van der Waals surface area contributed by atoms with Gasteiger partial charge in [-0.3, -0.25) is 0 Å². The molecule has 2 rings (SSSR count). The van der Waals surface area contributed by atoms with E-state index in [0.717, 1.165) is 31.2 Å². The maximum absolute atomic E-state index is 11.5. The second-order valence-electron chi connectivity index (χ2n) is 4.78. The average molecular weight is 318 g/mol. The summed E-state index contributed by atoms with van der Waals surface area (Å²) in [7, 11) is -3.18. The molecule has 0 saturated heterocycles. The molecule has 0 heterocycles. The van der Waals surface area contributed by atoms with E-state index in [1.807, 2.05) is 12.1 Å². The van der Waals surface area contributed by atoms with Crippen molar-refractivity contribution in [2.45, 2.75) is 36.1 Å². The SMILES string of the molecule is CS(=O)(=O)c1ccc(C2(N)CCCC2)cc1Br. The first kappa shape index (κ1) is 13.1. The Bertz CT molecular complexity index is 533. The van der Waals surface area contributed by atoms with Crippen molar-refractivity contribution in [3.63, 3.8) is 0 Å². The number of nitrogens with two attached hydrogens (primary N) is 1. The Morgan fingerprint density at radius 1 is 1.29 bits per heavy atom. The van der Waals surface area contributed by atoms with Crippen molar-refractivity contribution in [2.75, 3.05) is 6.26 Å². The highest BCUT2D eigenvalue weighted by atomic mass is 79.9. The summed E-state index contributed by atoms with van der Waals surface area (Å²) in [6.07, 6.45) is 5.43. The molecule has 0 aliphatic heterocycles. The molecule has 94 valence electrons. The molecule has 0 spiro atoms. The fourth-order valence-electron chi connectivity index (χ4n) is 2.41. The van der Waals surface area contributed by atoms with Crippen LogP contribution in [-0.4, -0.2) is 14.7 Å². The monoisotopic (exact) mass is 317 g/mol. The van der Waals surface area contributed by atoms with Gasteiger partial charge in [0.15, 0.2) is 9.84 Å². The topological polar surface area (TPSA) is 60.2 Å². The molecule has 2 N–H and O–H groups in total. The van der Waals surface area contributed by atoms with E-state index in [9.17, 15) is 8.42 Å². The Labute approximate surface area is 110 Å². The van der Waals surface area contributed by atoms with E-state index in [1.165, 1.54) is 6.26 Å². The standard InChI is InChI=1S/C12H16BrNO2S/c1-17(15,16)11-5-4-9(8-10(11)13)12(14)6-2-3-7-12/h4-5,8H,2-3,6-7,14H2,1H3. The maximum atomic E-state index is 11.5. The molecule has 0 radical (unpaired) electrons. The Balaban J connectivity index is 2.44. The van der Waals surface area contributed by atoms with Crippen LogP contribution in [0.4, 0.5) is 0 Å². The Morgan fingerprint density at radius 2 is 1.88 bits per heavy atom. The van der Waals surface area contributed by atoms with Gasteiger partial charge < -0.3 is 5.73 Å². The van der Waals surface area contributed by atoms with Gasteiger partial charge in [0.1, 0.15) is 0 Å². The van der Waals surface area contributed by atoms with Gasteiger partial charge >= 0.3 is 0 Å². The van der Waals surface area contributed by atoms with Gasteiger partial charge in [0.05, 0.1) is 4.90 Å². The summed E-state index contributed by atoms with van der Waals surface area (Å²) in [4.78, 5) is 0.322. The van der Waals surface area contributed by atoms with E-state index in [-0.39, 0.29) is 5.54 Å². The minimum absolute atomic E-state index is 0.279. The Morgan fingerprint density at radius 3 is 2.35 bits per heavy atom. The Kier molecular flexibility index (Phi) is 3.36. The summed E-state index contributed by atoms with van der Waals surface area (Å²) < 4.78 is 23.6. The number of benzene rings is 1. The van der Waals surface area contributed by atoms with E-state index in [1.54, 1.807) is 6.07 Å². The lowest BCUT2D eigenvalue weighted by atomic mass is 9.90. The molecule has 0 bridgehead atoms.